The molecule has 1 aromatic heterocycles. The Labute approximate surface area is 108 Å². The predicted molar refractivity (Wildman–Crippen MR) is 73.7 cm³/mol. The molecule has 1 aromatic rings. The van der Waals surface area contributed by atoms with Gasteiger partial charge in [-0.25, -0.2) is 0 Å². The molecule has 0 radical (unpaired) electrons. The quantitative estimate of drug-likeness (QED) is 0.867. The van der Waals surface area contributed by atoms with Gasteiger partial charge >= 0.3 is 0 Å². The summed E-state index contributed by atoms with van der Waals surface area (Å²) in [5, 5.41) is 5.91. The summed E-state index contributed by atoms with van der Waals surface area (Å²) in [6.45, 7) is 5.32. The summed E-state index contributed by atoms with van der Waals surface area (Å²) in [4.78, 5) is 1.58. The van der Waals surface area contributed by atoms with E-state index in [2.05, 4.69) is 30.6 Å². The minimum Gasteiger partial charge on any atom is -0.379 e. The van der Waals surface area contributed by atoms with Crippen molar-refractivity contribution in [2.75, 3.05) is 13.7 Å². The topological polar surface area (TPSA) is 21.3 Å². The van der Waals surface area contributed by atoms with Crippen LogP contribution in [0.2, 0.25) is 0 Å². The Bertz CT molecular complexity index is 359. The number of hydrogen-bond acceptors (Lipinski definition) is 3. The minimum atomic E-state index is -0.0147. The Morgan fingerprint density at radius 3 is 3.12 bits per heavy atom. The molecular weight excluding hydrogens is 230 g/mol. The molecule has 0 saturated carbocycles. The highest BCUT2D eigenvalue weighted by atomic mass is 32.1. The molecule has 0 bridgehead atoms. The summed E-state index contributed by atoms with van der Waals surface area (Å²) >= 11 is 1.91. The van der Waals surface area contributed by atoms with Crippen LogP contribution in [0.15, 0.2) is 11.4 Å². The van der Waals surface area contributed by atoms with Gasteiger partial charge in [0.1, 0.15) is 0 Å². The maximum absolute atomic E-state index is 5.44. The van der Waals surface area contributed by atoms with Crippen LogP contribution in [0, 0.1) is 0 Å². The zero-order chi connectivity index (χ0) is 12.3. The van der Waals surface area contributed by atoms with E-state index in [1.165, 1.54) is 24.8 Å². The SMILES string of the molecule is COC(C)(C)CCNC1CCCc2sccc21. The summed E-state index contributed by atoms with van der Waals surface area (Å²) in [6.07, 6.45) is 4.92. The Hall–Kier alpha value is -0.380. The molecule has 1 heterocycles. The molecule has 0 amide bonds. The van der Waals surface area contributed by atoms with E-state index in [1.807, 2.05) is 11.3 Å². The smallest absolute Gasteiger partial charge is 0.0634 e. The first-order chi connectivity index (χ1) is 8.12. The van der Waals surface area contributed by atoms with Gasteiger partial charge in [-0.05, 0) is 63.1 Å². The maximum Gasteiger partial charge on any atom is 0.0634 e. The first-order valence-electron chi connectivity index (χ1n) is 6.47. The second kappa shape index (κ2) is 5.51. The fourth-order valence-electron chi connectivity index (χ4n) is 2.35. The lowest BCUT2D eigenvalue weighted by Crippen LogP contribution is -2.31. The number of aryl methyl sites for hydroxylation is 1. The third-order valence-corrected chi connectivity index (χ3v) is 4.72. The molecule has 0 aromatic carbocycles. The van der Waals surface area contributed by atoms with Crippen molar-refractivity contribution < 1.29 is 4.74 Å². The van der Waals surface area contributed by atoms with Crippen LogP contribution >= 0.6 is 11.3 Å². The van der Waals surface area contributed by atoms with E-state index in [-0.39, 0.29) is 5.60 Å². The van der Waals surface area contributed by atoms with Gasteiger partial charge in [0.2, 0.25) is 0 Å². The van der Waals surface area contributed by atoms with Crippen LogP contribution in [-0.2, 0) is 11.2 Å². The van der Waals surface area contributed by atoms with Crippen molar-refractivity contribution in [1.82, 2.24) is 5.32 Å². The molecule has 2 rings (SSSR count). The highest BCUT2D eigenvalue weighted by Gasteiger charge is 2.22. The van der Waals surface area contributed by atoms with Crippen molar-refractivity contribution in [3.05, 3.63) is 21.9 Å². The largest absolute Gasteiger partial charge is 0.379 e. The predicted octanol–water partition coefficient (Wildman–Crippen LogP) is 3.53. The van der Waals surface area contributed by atoms with Crippen LogP contribution in [0.25, 0.3) is 0 Å². The number of methoxy groups -OCH3 is 1. The molecule has 1 aliphatic rings. The van der Waals surface area contributed by atoms with Crippen LogP contribution in [0.5, 0.6) is 0 Å². The molecule has 96 valence electrons. The van der Waals surface area contributed by atoms with Gasteiger partial charge in [-0.2, -0.15) is 0 Å². The van der Waals surface area contributed by atoms with E-state index in [0.29, 0.717) is 6.04 Å². The van der Waals surface area contributed by atoms with Crippen LogP contribution in [0.1, 0.15) is 49.6 Å². The maximum atomic E-state index is 5.44. The van der Waals surface area contributed by atoms with Gasteiger partial charge in [-0.15, -0.1) is 11.3 Å². The number of rotatable bonds is 5. The van der Waals surface area contributed by atoms with E-state index >= 15 is 0 Å². The molecule has 3 heteroatoms. The zero-order valence-corrected chi connectivity index (χ0v) is 11.9. The third-order valence-electron chi connectivity index (χ3n) is 3.72. The molecule has 1 atom stereocenters. The van der Waals surface area contributed by atoms with E-state index in [4.69, 9.17) is 4.74 Å². The van der Waals surface area contributed by atoms with E-state index in [1.54, 1.807) is 12.0 Å². The van der Waals surface area contributed by atoms with Gasteiger partial charge in [0, 0.05) is 18.0 Å². The Morgan fingerprint density at radius 1 is 1.53 bits per heavy atom. The van der Waals surface area contributed by atoms with Gasteiger partial charge < -0.3 is 10.1 Å². The average Bonchev–Trinajstić information content (AvgIpc) is 2.78. The monoisotopic (exact) mass is 253 g/mol. The van der Waals surface area contributed by atoms with Crippen LogP contribution in [0.3, 0.4) is 0 Å². The van der Waals surface area contributed by atoms with Gasteiger partial charge in [-0.3, -0.25) is 0 Å². The Kier molecular flexibility index (Phi) is 4.23. The highest BCUT2D eigenvalue weighted by molar-refractivity contribution is 7.10. The minimum absolute atomic E-state index is 0.0147. The second-order valence-electron chi connectivity index (χ2n) is 5.41. The van der Waals surface area contributed by atoms with Crippen LogP contribution < -0.4 is 5.32 Å². The second-order valence-corrected chi connectivity index (χ2v) is 6.41. The molecule has 17 heavy (non-hydrogen) atoms. The summed E-state index contributed by atoms with van der Waals surface area (Å²) in [7, 11) is 1.79. The molecule has 1 aliphatic carbocycles. The molecule has 0 aliphatic heterocycles. The molecule has 1 unspecified atom stereocenters. The van der Waals surface area contributed by atoms with Gasteiger partial charge in [0.15, 0.2) is 0 Å². The molecule has 2 nitrogen and oxygen atoms in total. The molecule has 0 spiro atoms. The van der Waals surface area contributed by atoms with Crippen molar-refractivity contribution in [2.45, 2.75) is 51.2 Å². The summed E-state index contributed by atoms with van der Waals surface area (Å²) in [6, 6.07) is 2.86. The van der Waals surface area contributed by atoms with E-state index in [9.17, 15) is 0 Å². The van der Waals surface area contributed by atoms with E-state index in [0.717, 1.165) is 13.0 Å². The first-order valence-corrected chi connectivity index (χ1v) is 7.35. The lowest BCUT2D eigenvalue weighted by molar-refractivity contribution is 0.0152. The van der Waals surface area contributed by atoms with Crippen LogP contribution in [0.4, 0.5) is 0 Å². The lowest BCUT2D eigenvalue weighted by Gasteiger charge is -2.27. The summed E-state index contributed by atoms with van der Waals surface area (Å²) in [5.74, 6) is 0. The Balaban J connectivity index is 1.86. The third kappa shape index (κ3) is 3.30. The fourth-order valence-corrected chi connectivity index (χ4v) is 3.34. The Morgan fingerprint density at radius 2 is 2.35 bits per heavy atom. The van der Waals surface area contributed by atoms with E-state index < -0.39 is 0 Å². The summed E-state index contributed by atoms with van der Waals surface area (Å²) < 4.78 is 5.44. The number of ether oxygens (including phenoxy) is 1. The lowest BCUT2D eigenvalue weighted by atomic mass is 9.93. The van der Waals surface area contributed by atoms with Gasteiger partial charge in [0.25, 0.3) is 0 Å². The van der Waals surface area contributed by atoms with Crippen molar-refractivity contribution in [2.24, 2.45) is 0 Å². The fraction of sp³-hybridized carbons (Fsp3) is 0.714. The number of nitrogens with one attached hydrogen (secondary N) is 1. The van der Waals surface area contributed by atoms with Crippen molar-refractivity contribution in [3.63, 3.8) is 0 Å². The molecule has 0 fully saturated rings. The van der Waals surface area contributed by atoms with Gasteiger partial charge in [0.05, 0.1) is 5.60 Å². The molecular formula is C14H23NOS. The number of hydrogen-bond donors (Lipinski definition) is 1. The summed E-state index contributed by atoms with van der Waals surface area (Å²) in [5.41, 5.74) is 1.52. The van der Waals surface area contributed by atoms with Crippen molar-refractivity contribution in [3.8, 4) is 0 Å². The normalized spacial score (nSPS) is 20.3. The zero-order valence-electron chi connectivity index (χ0n) is 11.1. The highest BCUT2D eigenvalue weighted by Crippen LogP contribution is 2.33. The average molecular weight is 253 g/mol. The van der Waals surface area contributed by atoms with Gasteiger partial charge in [-0.1, -0.05) is 0 Å². The molecule has 1 N–H and O–H groups in total. The van der Waals surface area contributed by atoms with Crippen LogP contribution in [-0.4, -0.2) is 19.3 Å². The van der Waals surface area contributed by atoms with Crippen molar-refractivity contribution >= 4 is 11.3 Å². The standard InChI is InChI=1S/C14H23NOS/c1-14(2,16-3)8-9-15-12-5-4-6-13-11(12)7-10-17-13/h7,10,12,15H,4-6,8-9H2,1-3H3. The number of thiophene rings is 1. The first kappa shape index (κ1) is 13.1. The number of fused-ring (bicyclic) bond motifs is 1. The molecule has 0 saturated heterocycles. The van der Waals surface area contributed by atoms with Crippen molar-refractivity contribution in [1.29, 1.82) is 0 Å².